The molecule has 0 aliphatic heterocycles. The maximum atomic E-state index is 9.39. The fraction of sp³-hybridized carbons (Fsp3) is 0.250. The van der Waals surface area contributed by atoms with E-state index < -0.39 is 0 Å². The van der Waals surface area contributed by atoms with Crippen molar-refractivity contribution in [2.24, 2.45) is 0 Å². The average molecular weight is 242 g/mol. The van der Waals surface area contributed by atoms with Crippen LogP contribution in [0.15, 0.2) is 48.5 Å². The van der Waals surface area contributed by atoms with Crippen LogP contribution in [0.5, 0.6) is 17.2 Å². The maximum absolute atomic E-state index is 9.39. The Bertz CT molecular complexity index is 539. The lowest BCUT2D eigenvalue weighted by Gasteiger charge is -2.19. The third-order valence-corrected chi connectivity index (χ3v) is 2.75. The number of ether oxygens (including phenoxy) is 1. The van der Waals surface area contributed by atoms with Gasteiger partial charge in [-0.3, -0.25) is 0 Å². The topological polar surface area (TPSA) is 29.5 Å². The molecule has 2 nitrogen and oxygen atoms in total. The monoisotopic (exact) mass is 242 g/mol. The third-order valence-electron chi connectivity index (χ3n) is 2.75. The molecule has 0 saturated carbocycles. The Morgan fingerprint density at radius 1 is 0.889 bits per heavy atom. The van der Waals surface area contributed by atoms with E-state index in [1.807, 2.05) is 24.3 Å². The van der Waals surface area contributed by atoms with Gasteiger partial charge in [-0.2, -0.15) is 0 Å². The lowest BCUT2D eigenvalue weighted by molar-refractivity contribution is 0.454. The molecule has 18 heavy (non-hydrogen) atoms. The largest absolute Gasteiger partial charge is 0.508 e. The number of benzene rings is 2. The van der Waals surface area contributed by atoms with Crippen molar-refractivity contribution in [1.82, 2.24) is 0 Å². The van der Waals surface area contributed by atoms with Crippen molar-refractivity contribution in [2.75, 3.05) is 0 Å². The summed E-state index contributed by atoms with van der Waals surface area (Å²) in [6, 6.07) is 14.8. The average Bonchev–Trinajstić information content (AvgIpc) is 2.28. The second kappa shape index (κ2) is 4.73. The van der Waals surface area contributed by atoms with Crippen LogP contribution < -0.4 is 4.74 Å². The van der Waals surface area contributed by atoms with E-state index in [9.17, 15) is 5.11 Å². The van der Waals surface area contributed by atoms with Crippen LogP contribution >= 0.6 is 0 Å². The van der Waals surface area contributed by atoms with Gasteiger partial charge in [-0.05, 0) is 35.2 Å². The van der Waals surface area contributed by atoms with Crippen molar-refractivity contribution in [1.29, 1.82) is 0 Å². The zero-order chi connectivity index (χ0) is 13.2. The molecule has 0 aliphatic carbocycles. The Labute approximate surface area is 108 Å². The highest BCUT2D eigenvalue weighted by Crippen LogP contribution is 2.29. The van der Waals surface area contributed by atoms with Crippen molar-refractivity contribution >= 4 is 0 Å². The maximum Gasteiger partial charge on any atom is 0.131 e. The Hall–Kier alpha value is -1.96. The Morgan fingerprint density at radius 3 is 2.11 bits per heavy atom. The molecular formula is C16H18O2. The molecule has 2 heteroatoms. The first-order valence-corrected chi connectivity index (χ1v) is 6.02. The van der Waals surface area contributed by atoms with Gasteiger partial charge in [0.2, 0.25) is 0 Å². The second-order valence-electron chi connectivity index (χ2n) is 5.38. The van der Waals surface area contributed by atoms with E-state index in [4.69, 9.17) is 4.74 Å². The third kappa shape index (κ3) is 3.04. The molecule has 0 aliphatic rings. The normalized spacial score (nSPS) is 11.3. The summed E-state index contributed by atoms with van der Waals surface area (Å²) in [4.78, 5) is 0. The number of hydrogen-bond acceptors (Lipinski definition) is 2. The molecule has 0 radical (unpaired) electrons. The van der Waals surface area contributed by atoms with Gasteiger partial charge < -0.3 is 9.84 Å². The highest BCUT2D eigenvalue weighted by Gasteiger charge is 2.14. The summed E-state index contributed by atoms with van der Waals surface area (Å²) in [7, 11) is 0. The van der Waals surface area contributed by atoms with Gasteiger partial charge in [-0.25, -0.2) is 0 Å². The van der Waals surface area contributed by atoms with Crippen LogP contribution in [-0.4, -0.2) is 5.11 Å². The predicted octanol–water partition coefficient (Wildman–Crippen LogP) is 4.48. The molecule has 0 heterocycles. The standard InChI is InChI=1S/C16H18O2/c1-16(2,3)12-6-4-8-14(10-12)18-15-9-5-7-13(17)11-15/h4-11,17H,1-3H3. The predicted molar refractivity (Wildman–Crippen MR) is 73.3 cm³/mol. The molecule has 0 unspecified atom stereocenters. The van der Waals surface area contributed by atoms with Gasteiger partial charge in [0.05, 0.1) is 0 Å². The van der Waals surface area contributed by atoms with E-state index in [1.165, 1.54) is 5.56 Å². The number of phenols is 1. The van der Waals surface area contributed by atoms with Crippen LogP contribution in [0.1, 0.15) is 26.3 Å². The fourth-order valence-electron chi connectivity index (χ4n) is 1.71. The molecule has 1 N–H and O–H groups in total. The molecule has 2 aromatic carbocycles. The van der Waals surface area contributed by atoms with Gasteiger partial charge in [0, 0.05) is 6.07 Å². The zero-order valence-electron chi connectivity index (χ0n) is 11.0. The molecule has 0 atom stereocenters. The minimum Gasteiger partial charge on any atom is -0.508 e. The van der Waals surface area contributed by atoms with Crippen LogP contribution in [-0.2, 0) is 5.41 Å². The summed E-state index contributed by atoms with van der Waals surface area (Å²) in [5.41, 5.74) is 1.32. The number of aromatic hydroxyl groups is 1. The smallest absolute Gasteiger partial charge is 0.131 e. The van der Waals surface area contributed by atoms with Gasteiger partial charge in [-0.15, -0.1) is 0 Å². The van der Waals surface area contributed by atoms with E-state index >= 15 is 0 Å². The van der Waals surface area contributed by atoms with Crippen molar-refractivity contribution in [3.63, 3.8) is 0 Å². The number of hydrogen-bond donors (Lipinski definition) is 1. The van der Waals surface area contributed by atoms with Gasteiger partial charge in [-0.1, -0.05) is 39.0 Å². The molecule has 0 fully saturated rings. The number of phenolic OH excluding ortho intramolecular Hbond substituents is 1. The highest BCUT2D eigenvalue weighted by atomic mass is 16.5. The SMILES string of the molecule is CC(C)(C)c1cccc(Oc2cccc(O)c2)c1. The Morgan fingerprint density at radius 2 is 1.50 bits per heavy atom. The summed E-state index contributed by atoms with van der Waals surface area (Å²) in [6.07, 6.45) is 0. The lowest BCUT2D eigenvalue weighted by Crippen LogP contribution is -2.10. The molecule has 94 valence electrons. The van der Waals surface area contributed by atoms with Crippen LogP contribution in [0.25, 0.3) is 0 Å². The van der Waals surface area contributed by atoms with Gasteiger partial charge in [0.25, 0.3) is 0 Å². The molecule has 2 aromatic rings. The van der Waals surface area contributed by atoms with Crippen LogP contribution in [0.4, 0.5) is 0 Å². The molecule has 0 bridgehead atoms. The van der Waals surface area contributed by atoms with Crippen molar-refractivity contribution in [3.8, 4) is 17.2 Å². The first-order valence-electron chi connectivity index (χ1n) is 6.02. The molecule has 0 amide bonds. The van der Waals surface area contributed by atoms with E-state index in [2.05, 4.69) is 26.8 Å². The minimum absolute atomic E-state index is 0.0954. The van der Waals surface area contributed by atoms with Crippen LogP contribution in [0, 0.1) is 0 Å². The number of rotatable bonds is 2. The molecular weight excluding hydrogens is 224 g/mol. The molecule has 0 aromatic heterocycles. The summed E-state index contributed by atoms with van der Waals surface area (Å²) >= 11 is 0. The second-order valence-corrected chi connectivity index (χ2v) is 5.38. The molecule has 0 spiro atoms. The fourth-order valence-corrected chi connectivity index (χ4v) is 1.71. The van der Waals surface area contributed by atoms with Gasteiger partial charge in [0.15, 0.2) is 0 Å². The van der Waals surface area contributed by atoms with Gasteiger partial charge in [0.1, 0.15) is 17.2 Å². The van der Waals surface area contributed by atoms with E-state index in [1.54, 1.807) is 18.2 Å². The summed E-state index contributed by atoms with van der Waals surface area (Å²) in [5.74, 6) is 1.63. The van der Waals surface area contributed by atoms with Crippen LogP contribution in [0.3, 0.4) is 0 Å². The summed E-state index contributed by atoms with van der Waals surface area (Å²) < 4.78 is 5.74. The molecule has 0 saturated heterocycles. The molecule has 2 rings (SSSR count). The van der Waals surface area contributed by atoms with E-state index in [0.29, 0.717) is 5.75 Å². The Kier molecular flexibility index (Phi) is 3.28. The zero-order valence-corrected chi connectivity index (χ0v) is 11.0. The first-order chi connectivity index (χ1) is 8.45. The first kappa shape index (κ1) is 12.5. The quantitative estimate of drug-likeness (QED) is 0.841. The van der Waals surface area contributed by atoms with Crippen molar-refractivity contribution < 1.29 is 9.84 Å². The summed E-state index contributed by atoms with van der Waals surface area (Å²) in [6.45, 7) is 6.50. The van der Waals surface area contributed by atoms with E-state index in [-0.39, 0.29) is 11.2 Å². The van der Waals surface area contributed by atoms with E-state index in [0.717, 1.165) is 5.75 Å². The summed E-state index contributed by atoms with van der Waals surface area (Å²) in [5, 5.41) is 9.39. The highest BCUT2D eigenvalue weighted by molar-refractivity contribution is 5.38. The van der Waals surface area contributed by atoms with Crippen molar-refractivity contribution in [3.05, 3.63) is 54.1 Å². The lowest BCUT2D eigenvalue weighted by atomic mass is 9.87. The van der Waals surface area contributed by atoms with Crippen LogP contribution in [0.2, 0.25) is 0 Å². The van der Waals surface area contributed by atoms with Crippen molar-refractivity contribution in [2.45, 2.75) is 26.2 Å². The minimum atomic E-state index is 0.0954. The Balaban J connectivity index is 2.25. The van der Waals surface area contributed by atoms with Gasteiger partial charge >= 0.3 is 0 Å².